The highest BCUT2D eigenvalue weighted by Crippen LogP contribution is 2.51. The van der Waals surface area contributed by atoms with Crippen molar-refractivity contribution in [3.05, 3.63) is 236 Å². The number of para-hydroxylation sites is 3. The van der Waals surface area contributed by atoms with Crippen molar-refractivity contribution in [1.29, 1.82) is 0 Å². The molecule has 0 N–H and O–H groups in total. The van der Waals surface area contributed by atoms with Crippen molar-refractivity contribution in [2.24, 2.45) is 0 Å². The second-order valence-corrected chi connectivity index (χ2v) is 15.3. The van der Waals surface area contributed by atoms with Gasteiger partial charge in [0.05, 0.1) is 6.04 Å². The van der Waals surface area contributed by atoms with Crippen molar-refractivity contribution in [2.45, 2.75) is 11.9 Å². The van der Waals surface area contributed by atoms with Crippen molar-refractivity contribution in [3.8, 4) is 22.3 Å². The van der Waals surface area contributed by atoms with Crippen LogP contribution in [0.1, 0.15) is 0 Å². The molecule has 0 aromatic heterocycles. The van der Waals surface area contributed by atoms with Crippen LogP contribution in [-0.2, 0) is 0 Å². The number of allylic oxidation sites excluding steroid dienone is 2. The van der Waals surface area contributed by atoms with Gasteiger partial charge in [-0.2, -0.15) is 0 Å². The molecule has 2 atom stereocenters. The standard InChI is InChI=1S/C54H40BN3/c1-6-18-39(19-7-1)41-22-16-29-46(36-41)58-51-31-17-30-50-54(51)55(48-34-32-42(37-52(48)58)40-20-8-2-9-21-40)49-35-33-47(38-53(49)57(50)45-27-14-5-15-28-45)56(43-23-10-3-11-24-43)44-25-12-4-13-26-44/h1-38,50,54H. The Hall–Kier alpha value is -7.30. The van der Waals surface area contributed by atoms with Crippen LogP contribution < -0.4 is 25.6 Å². The monoisotopic (exact) mass is 741 g/mol. The summed E-state index contributed by atoms with van der Waals surface area (Å²) in [6.07, 6.45) is 7.09. The Labute approximate surface area is 341 Å². The van der Waals surface area contributed by atoms with Gasteiger partial charge in [-0.05, 0) is 106 Å². The summed E-state index contributed by atoms with van der Waals surface area (Å²) < 4.78 is 0. The third-order valence-electron chi connectivity index (χ3n) is 12.1. The zero-order chi connectivity index (χ0) is 38.4. The van der Waals surface area contributed by atoms with Gasteiger partial charge in [0.1, 0.15) is 0 Å². The first kappa shape index (κ1) is 34.0. The van der Waals surface area contributed by atoms with Crippen molar-refractivity contribution in [1.82, 2.24) is 0 Å². The van der Waals surface area contributed by atoms with Gasteiger partial charge in [0.2, 0.25) is 6.71 Å². The molecule has 0 fully saturated rings. The van der Waals surface area contributed by atoms with E-state index in [1.165, 1.54) is 61.6 Å². The largest absolute Gasteiger partial charge is 0.335 e. The number of nitrogens with zero attached hydrogens (tertiary/aromatic N) is 3. The van der Waals surface area contributed by atoms with E-state index in [4.69, 9.17) is 0 Å². The minimum absolute atomic E-state index is 0.0683. The molecule has 8 aromatic rings. The molecule has 0 saturated heterocycles. The predicted molar refractivity (Wildman–Crippen MR) is 245 cm³/mol. The lowest BCUT2D eigenvalue weighted by atomic mass is 9.28. The van der Waals surface area contributed by atoms with Gasteiger partial charge in [0, 0.05) is 51.3 Å². The number of hydrogen-bond donors (Lipinski definition) is 0. The summed E-state index contributed by atoms with van der Waals surface area (Å²) in [5.74, 6) is 0.151. The third kappa shape index (κ3) is 5.76. The minimum Gasteiger partial charge on any atom is -0.335 e. The lowest BCUT2D eigenvalue weighted by Crippen LogP contribution is -2.63. The van der Waals surface area contributed by atoms with Gasteiger partial charge in [-0.3, -0.25) is 0 Å². The first-order valence-corrected chi connectivity index (χ1v) is 20.2. The Bertz CT molecular complexity index is 2760. The molecule has 1 aliphatic carbocycles. The number of anilines is 7. The topological polar surface area (TPSA) is 9.72 Å². The lowest BCUT2D eigenvalue weighted by Gasteiger charge is -2.53. The van der Waals surface area contributed by atoms with Gasteiger partial charge < -0.3 is 14.7 Å². The summed E-state index contributed by atoms with van der Waals surface area (Å²) in [7, 11) is 0. The van der Waals surface area contributed by atoms with E-state index in [2.05, 4.69) is 245 Å². The number of fused-ring (bicyclic) bond motifs is 4. The third-order valence-corrected chi connectivity index (χ3v) is 12.1. The molecule has 0 bridgehead atoms. The second-order valence-electron chi connectivity index (χ2n) is 15.3. The van der Waals surface area contributed by atoms with E-state index in [9.17, 15) is 0 Å². The van der Waals surface area contributed by atoms with Crippen molar-refractivity contribution >= 4 is 57.5 Å². The van der Waals surface area contributed by atoms with E-state index in [1.807, 2.05) is 0 Å². The highest BCUT2D eigenvalue weighted by molar-refractivity contribution is 6.90. The normalized spacial score (nSPS) is 16.2. The van der Waals surface area contributed by atoms with Gasteiger partial charge >= 0.3 is 0 Å². The van der Waals surface area contributed by atoms with Crippen LogP contribution in [0.25, 0.3) is 22.3 Å². The molecular weight excluding hydrogens is 701 g/mol. The SMILES string of the molecule is C1=CC2C3B(c4ccc(-c5ccccc5)cc4N(c4cccc(-c5ccccc5)c4)C3=C1)c1ccc(N(c3ccccc3)c3ccccc3)cc1N2c1ccccc1. The van der Waals surface area contributed by atoms with E-state index >= 15 is 0 Å². The Morgan fingerprint density at radius 3 is 1.60 bits per heavy atom. The summed E-state index contributed by atoms with van der Waals surface area (Å²) in [6, 6.07) is 77.4. The van der Waals surface area contributed by atoms with Crippen LogP contribution in [0.2, 0.25) is 5.82 Å². The van der Waals surface area contributed by atoms with Crippen LogP contribution in [0.5, 0.6) is 0 Å². The molecule has 0 radical (unpaired) electrons. The van der Waals surface area contributed by atoms with Crippen LogP contribution in [0.4, 0.5) is 39.8 Å². The van der Waals surface area contributed by atoms with Gasteiger partial charge in [-0.15, -0.1) is 0 Å². The maximum absolute atomic E-state index is 2.60. The van der Waals surface area contributed by atoms with E-state index < -0.39 is 0 Å². The highest BCUT2D eigenvalue weighted by Gasteiger charge is 2.51. The van der Waals surface area contributed by atoms with Gasteiger partial charge in [-0.1, -0.05) is 158 Å². The molecule has 4 heteroatoms. The lowest BCUT2D eigenvalue weighted by molar-refractivity contribution is 0.723. The van der Waals surface area contributed by atoms with E-state index in [0.717, 1.165) is 17.1 Å². The second kappa shape index (κ2) is 14.3. The Balaban J connectivity index is 1.15. The molecule has 8 aromatic carbocycles. The quantitative estimate of drug-likeness (QED) is 0.151. The molecule has 0 amide bonds. The fourth-order valence-electron chi connectivity index (χ4n) is 9.56. The van der Waals surface area contributed by atoms with Crippen molar-refractivity contribution in [3.63, 3.8) is 0 Å². The van der Waals surface area contributed by atoms with Crippen LogP contribution >= 0.6 is 0 Å². The van der Waals surface area contributed by atoms with E-state index in [0.29, 0.717) is 0 Å². The molecule has 274 valence electrons. The molecule has 3 nitrogen and oxygen atoms in total. The fourth-order valence-corrected chi connectivity index (χ4v) is 9.56. The van der Waals surface area contributed by atoms with Crippen molar-refractivity contribution in [2.75, 3.05) is 14.7 Å². The number of hydrogen-bond acceptors (Lipinski definition) is 3. The highest BCUT2D eigenvalue weighted by atomic mass is 15.2. The smallest absolute Gasteiger partial charge is 0.226 e. The van der Waals surface area contributed by atoms with Crippen LogP contribution in [0.3, 0.4) is 0 Å². The maximum atomic E-state index is 2.60. The molecule has 0 spiro atoms. The average Bonchev–Trinajstić information content (AvgIpc) is 3.30. The molecule has 3 aliphatic rings. The summed E-state index contributed by atoms with van der Waals surface area (Å²) in [5, 5.41) is 0. The summed E-state index contributed by atoms with van der Waals surface area (Å²) in [4.78, 5) is 7.53. The van der Waals surface area contributed by atoms with Crippen molar-refractivity contribution < 1.29 is 0 Å². The van der Waals surface area contributed by atoms with Gasteiger partial charge in [0.25, 0.3) is 0 Å². The van der Waals surface area contributed by atoms with Crippen LogP contribution in [-0.4, -0.2) is 12.8 Å². The maximum Gasteiger partial charge on any atom is 0.226 e. The van der Waals surface area contributed by atoms with Gasteiger partial charge in [-0.25, -0.2) is 0 Å². The van der Waals surface area contributed by atoms with Crippen LogP contribution in [0.15, 0.2) is 236 Å². The molecule has 2 heterocycles. The summed E-state index contributed by atoms with van der Waals surface area (Å²) >= 11 is 0. The average molecular weight is 742 g/mol. The summed E-state index contributed by atoms with van der Waals surface area (Å²) in [6.45, 7) is 0.125. The first-order valence-electron chi connectivity index (χ1n) is 20.2. The molecule has 2 unspecified atom stereocenters. The Morgan fingerprint density at radius 2 is 0.948 bits per heavy atom. The number of rotatable bonds is 7. The molecule has 11 rings (SSSR count). The number of benzene rings is 8. The van der Waals surface area contributed by atoms with Gasteiger partial charge in [0.15, 0.2) is 0 Å². The first-order chi connectivity index (χ1) is 28.8. The zero-order valence-corrected chi connectivity index (χ0v) is 32.0. The fraction of sp³-hybridized carbons (Fsp3) is 0.0370. The van der Waals surface area contributed by atoms with E-state index in [-0.39, 0.29) is 18.6 Å². The minimum atomic E-state index is 0.0683. The molecule has 0 saturated carbocycles. The Kier molecular flexibility index (Phi) is 8.40. The summed E-state index contributed by atoms with van der Waals surface area (Å²) in [5.41, 5.74) is 17.0. The van der Waals surface area contributed by atoms with E-state index in [1.54, 1.807) is 0 Å². The Morgan fingerprint density at radius 1 is 0.414 bits per heavy atom. The molecular formula is C54H40BN3. The molecule has 58 heavy (non-hydrogen) atoms. The van der Waals surface area contributed by atoms with Crippen LogP contribution in [0, 0.1) is 0 Å². The zero-order valence-electron chi connectivity index (χ0n) is 32.0. The molecule has 2 aliphatic heterocycles. The predicted octanol–water partition coefficient (Wildman–Crippen LogP) is 12.6.